The molecule has 2 heteroatoms. The predicted octanol–water partition coefficient (Wildman–Crippen LogP) is 3.46. The smallest absolute Gasteiger partial charge is 0.220 e. The van der Waals surface area contributed by atoms with Crippen molar-refractivity contribution in [3.63, 3.8) is 0 Å². The Labute approximate surface area is 159 Å². The largest absolute Gasteiger partial charge is 0.340 e. The monoisotopic (exact) mass is 359 g/mol. The lowest BCUT2D eigenvalue weighted by Crippen LogP contribution is -2.76. The maximum Gasteiger partial charge on any atom is 0.220 e. The van der Waals surface area contributed by atoms with Crippen molar-refractivity contribution in [2.45, 2.75) is 41.5 Å². The van der Waals surface area contributed by atoms with Crippen molar-refractivity contribution in [3.05, 3.63) is 88.0 Å². The van der Waals surface area contributed by atoms with E-state index in [0.29, 0.717) is 0 Å². The van der Waals surface area contributed by atoms with Crippen molar-refractivity contribution in [2.24, 2.45) is 5.40 Å². The van der Waals surface area contributed by atoms with Gasteiger partial charge in [-0.25, -0.2) is 0 Å². The molecule has 0 heterocycles. The zero-order chi connectivity index (χ0) is 19.1. The van der Waals surface area contributed by atoms with Crippen LogP contribution in [0.5, 0.6) is 0 Å². The van der Waals surface area contributed by atoms with Crippen molar-refractivity contribution in [1.29, 1.82) is 0 Å². The van der Waals surface area contributed by atoms with Gasteiger partial charge in [0.05, 0.1) is 0 Å². The third-order valence-electron chi connectivity index (χ3n) is 5.45. The molecular formula is C24H29NSi. The maximum absolute atomic E-state index is 7.51. The van der Waals surface area contributed by atoms with E-state index in [2.05, 4.69) is 96.1 Å². The second-order valence-corrected chi connectivity index (χ2v) is 11.0. The molecule has 0 aliphatic rings. The summed E-state index contributed by atoms with van der Waals surface area (Å²) in [7, 11) is -2.61. The highest BCUT2D eigenvalue weighted by Crippen LogP contribution is 2.13. The Bertz CT molecular complexity index is 847. The molecule has 0 fully saturated rings. The quantitative estimate of drug-likeness (QED) is 0.562. The van der Waals surface area contributed by atoms with Gasteiger partial charge in [-0.3, -0.25) is 0 Å². The first-order chi connectivity index (χ1) is 12.2. The van der Waals surface area contributed by atoms with E-state index in [1.54, 1.807) is 0 Å². The Kier molecular flexibility index (Phi) is 4.91. The minimum absolute atomic E-state index is 1.27. The van der Waals surface area contributed by atoms with E-state index in [1.165, 1.54) is 48.9 Å². The third kappa shape index (κ3) is 3.15. The molecule has 26 heavy (non-hydrogen) atoms. The SMILES string of the molecule is Cc1ccc(C)c([Si](N)(c2cc(C)ccc2C)c2cc(C)ccc2C)c1. The topological polar surface area (TPSA) is 26.0 Å². The zero-order valence-electron chi connectivity index (χ0n) is 16.8. The van der Waals surface area contributed by atoms with Gasteiger partial charge in [0.2, 0.25) is 8.24 Å². The summed E-state index contributed by atoms with van der Waals surface area (Å²) in [6, 6.07) is 20.1. The predicted molar refractivity (Wildman–Crippen MR) is 117 cm³/mol. The van der Waals surface area contributed by atoms with Crippen LogP contribution in [0.15, 0.2) is 54.6 Å². The highest BCUT2D eigenvalue weighted by molar-refractivity contribution is 7.10. The Morgan fingerprint density at radius 2 is 0.769 bits per heavy atom. The van der Waals surface area contributed by atoms with Gasteiger partial charge in [0.1, 0.15) is 0 Å². The molecule has 2 N–H and O–H groups in total. The fraction of sp³-hybridized carbons (Fsp3) is 0.250. The van der Waals surface area contributed by atoms with Crippen molar-refractivity contribution >= 4 is 23.8 Å². The van der Waals surface area contributed by atoms with Gasteiger partial charge in [0, 0.05) is 0 Å². The molecule has 3 rings (SSSR count). The van der Waals surface area contributed by atoms with Crippen molar-refractivity contribution in [2.75, 3.05) is 0 Å². The highest BCUT2D eigenvalue weighted by Gasteiger charge is 2.39. The maximum atomic E-state index is 7.51. The fourth-order valence-corrected chi connectivity index (χ4v) is 8.27. The Morgan fingerprint density at radius 3 is 1.04 bits per heavy atom. The molecule has 0 spiro atoms. The Hall–Kier alpha value is -2.16. The lowest BCUT2D eigenvalue weighted by atomic mass is 10.1. The van der Waals surface area contributed by atoms with Gasteiger partial charge in [0.25, 0.3) is 0 Å². The van der Waals surface area contributed by atoms with Crippen LogP contribution in [0.25, 0.3) is 0 Å². The molecule has 0 amide bonds. The fourth-order valence-electron chi connectivity index (χ4n) is 3.92. The summed E-state index contributed by atoms with van der Waals surface area (Å²) < 4.78 is 0. The molecular weight excluding hydrogens is 330 g/mol. The molecule has 0 aliphatic heterocycles. The number of rotatable bonds is 3. The first-order valence-corrected chi connectivity index (χ1v) is 11.3. The van der Waals surface area contributed by atoms with Crippen molar-refractivity contribution < 1.29 is 0 Å². The number of benzene rings is 3. The second kappa shape index (κ2) is 6.86. The molecule has 0 aromatic heterocycles. The standard InChI is InChI=1S/C24H29NSi/c1-16-7-10-19(4)22(13-16)26(25,23-14-17(2)8-11-20(23)5)24-15-18(3)9-12-21(24)6/h7-15H,25H2,1-6H3. The number of aryl methyl sites for hydroxylation is 6. The van der Waals surface area contributed by atoms with Crippen LogP contribution in [0.2, 0.25) is 0 Å². The van der Waals surface area contributed by atoms with Crippen LogP contribution in [0.1, 0.15) is 33.4 Å². The van der Waals surface area contributed by atoms with E-state index < -0.39 is 8.24 Å². The van der Waals surface area contributed by atoms with Crippen molar-refractivity contribution in [1.82, 2.24) is 0 Å². The van der Waals surface area contributed by atoms with Crippen LogP contribution < -0.4 is 21.0 Å². The molecule has 0 unspecified atom stereocenters. The first-order valence-electron chi connectivity index (χ1n) is 9.25. The summed E-state index contributed by atoms with van der Waals surface area (Å²) in [6.45, 7) is 13.1. The Balaban J connectivity index is 2.45. The molecule has 0 saturated carbocycles. The van der Waals surface area contributed by atoms with Crippen LogP contribution in [0.3, 0.4) is 0 Å². The molecule has 134 valence electrons. The lowest BCUT2D eigenvalue weighted by Gasteiger charge is -2.33. The second-order valence-electron chi connectivity index (χ2n) is 7.76. The average molecular weight is 360 g/mol. The normalized spacial score (nSPS) is 11.7. The average Bonchev–Trinajstić information content (AvgIpc) is 2.60. The Morgan fingerprint density at radius 1 is 0.500 bits per heavy atom. The minimum atomic E-state index is -2.61. The van der Waals surface area contributed by atoms with Gasteiger partial charge >= 0.3 is 0 Å². The van der Waals surface area contributed by atoms with Gasteiger partial charge in [-0.05, 0) is 73.8 Å². The molecule has 0 saturated heterocycles. The van der Waals surface area contributed by atoms with Crippen LogP contribution in [0.4, 0.5) is 0 Å². The molecule has 0 atom stereocenters. The van der Waals surface area contributed by atoms with Crippen LogP contribution >= 0.6 is 0 Å². The molecule has 3 aromatic rings. The van der Waals surface area contributed by atoms with Crippen LogP contribution in [0, 0.1) is 41.5 Å². The number of nitrogens with two attached hydrogens (primary N) is 1. The van der Waals surface area contributed by atoms with Gasteiger partial charge in [-0.2, -0.15) is 0 Å². The molecule has 3 aromatic carbocycles. The summed E-state index contributed by atoms with van der Waals surface area (Å²) in [6.07, 6.45) is 0. The third-order valence-corrected chi connectivity index (χ3v) is 9.62. The van der Waals surface area contributed by atoms with Gasteiger partial charge in [-0.1, -0.05) is 71.3 Å². The van der Waals surface area contributed by atoms with Crippen LogP contribution in [-0.2, 0) is 0 Å². The van der Waals surface area contributed by atoms with E-state index in [0.717, 1.165) is 0 Å². The van der Waals surface area contributed by atoms with E-state index >= 15 is 0 Å². The van der Waals surface area contributed by atoms with E-state index in [4.69, 9.17) is 5.40 Å². The lowest BCUT2D eigenvalue weighted by molar-refractivity contribution is 1.38. The molecule has 1 nitrogen and oxygen atoms in total. The van der Waals surface area contributed by atoms with Gasteiger partial charge in [-0.15, -0.1) is 0 Å². The van der Waals surface area contributed by atoms with Gasteiger partial charge < -0.3 is 5.40 Å². The van der Waals surface area contributed by atoms with Crippen LogP contribution in [-0.4, -0.2) is 8.24 Å². The van der Waals surface area contributed by atoms with E-state index in [-0.39, 0.29) is 0 Å². The van der Waals surface area contributed by atoms with Gasteiger partial charge in [0.15, 0.2) is 0 Å². The highest BCUT2D eigenvalue weighted by atomic mass is 28.3. The zero-order valence-corrected chi connectivity index (χ0v) is 17.8. The summed E-state index contributed by atoms with van der Waals surface area (Å²) in [5, 5.41) is 11.5. The summed E-state index contributed by atoms with van der Waals surface area (Å²) in [5.74, 6) is 0. The molecule has 0 radical (unpaired) electrons. The summed E-state index contributed by atoms with van der Waals surface area (Å²) in [5.41, 5.74) is 7.65. The summed E-state index contributed by atoms with van der Waals surface area (Å²) >= 11 is 0. The number of hydrogen-bond donors (Lipinski definition) is 1. The van der Waals surface area contributed by atoms with E-state index in [9.17, 15) is 0 Å². The molecule has 0 aliphatic carbocycles. The first kappa shape index (κ1) is 18.6. The minimum Gasteiger partial charge on any atom is -0.340 e. The van der Waals surface area contributed by atoms with E-state index in [1.807, 2.05) is 0 Å². The summed E-state index contributed by atoms with van der Waals surface area (Å²) in [4.78, 5) is 0. The van der Waals surface area contributed by atoms with Crippen molar-refractivity contribution in [3.8, 4) is 0 Å². The molecule has 0 bridgehead atoms. The number of hydrogen-bond acceptors (Lipinski definition) is 1.